The molecular weight excluding hydrogens is 453 g/mol. The van der Waals surface area contributed by atoms with Crippen molar-refractivity contribution in [1.82, 2.24) is 9.97 Å². The van der Waals surface area contributed by atoms with Crippen LogP contribution in [0.4, 0.5) is 10.1 Å². The number of thioether (sulfide) groups is 1. The van der Waals surface area contributed by atoms with Crippen molar-refractivity contribution < 1.29 is 9.18 Å². The van der Waals surface area contributed by atoms with E-state index in [1.54, 1.807) is 11.3 Å². The summed E-state index contributed by atoms with van der Waals surface area (Å²) >= 11 is 9.97. The van der Waals surface area contributed by atoms with Gasteiger partial charge in [-0.3, -0.25) is 9.59 Å². The molecule has 0 aliphatic heterocycles. The van der Waals surface area contributed by atoms with Crippen LogP contribution in [0.25, 0.3) is 20.7 Å². The van der Waals surface area contributed by atoms with Crippen molar-refractivity contribution in [3.05, 3.63) is 68.1 Å². The van der Waals surface area contributed by atoms with Crippen LogP contribution in [0, 0.1) is 5.82 Å². The minimum atomic E-state index is -0.591. The van der Waals surface area contributed by atoms with Crippen LogP contribution in [0.2, 0.25) is 5.02 Å². The maximum absolute atomic E-state index is 13.7. The third-order valence-corrected chi connectivity index (χ3v) is 6.91. The molecule has 2 N–H and O–H groups in total. The second-order valence-electron chi connectivity index (χ2n) is 5.98. The Morgan fingerprint density at radius 1 is 1.31 bits per heavy atom. The molecule has 0 bridgehead atoms. The first-order valence-corrected chi connectivity index (χ1v) is 11.7. The summed E-state index contributed by atoms with van der Waals surface area (Å²) in [6, 6.07) is 7.96. The van der Waals surface area contributed by atoms with Gasteiger partial charge in [-0.15, -0.1) is 34.4 Å². The van der Waals surface area contributed by atoms with Crippen LogP contribution in [0.5, 0.6) is 0 Å². The number of carbonyl (C=O) groups is 1. The van der Waals surface area contributed by atoms with Crippen molar-refractivity contribution in [3.8, 4) is 10.4 Å². The second kappa shape index (κ2) is 8.66. The number of halogens is 2. The molecule has 29 heavy (non-hydrogen) atoms. The van der Waals surface area contributed by atoms with E-state index in [0.717, 1.165) is 16.5 Å². The third-order valence-electron chi connectivity index (χ3n) is 3.96. The normalized spacial score (nSPS) is 11.1. The van der Waals surface area contributed by atoms with Crippen molar-refractivity contribution in [2.75, 3.05) is 11.1 Å². The molecule has 0 unspecified atom stereocenters. The molecule has 0 spiro atoms. The van der Waals surface area contributed by atoms with Crippen molar-refractivity contribution in [1.29, 1.82) is 0 Å². The lowest BCUT2D eigenvalue weighted by Gasteiger charge is -2.06. The summed E-state index contributed by atoms with van der Waals surface area (Å²) in [4.78, 5) is 33.6. The molecule has 1 amide bonds. The number of nitrogens with zero attached hydrogens (tertiary/aromatic N) is 1. The highest BCUT2D eigenvalue weighted by atomic mass is 35.5. The largest absolute Gasteiger partial charge is 0.323 e. The van der Waals surface area contributed by atoms with Gasteiger partial charge < -0.3 is 10.3 Å². The van der Waals surface area contributed by atoms with E-state index >= 15 is 0 Å². The summed E-state index contributed by atoms with van der Waals surface area (Å²) in [7, 11) is 0. The van der Waals surface area contributed by atoms with Gasteiger partial charge in [0.1, 0.15) is 16.5 Å². The van der Waals surface area contributed by atoms with E-state index in [9.17, 15) is 14.0 Å². The molecule has 0 radical (unpaired) electrons. The lowest BCUT2D eigenvalue weighted by Crippen LogP contribution is -2.16. The molecule has 0 atom stereocenters. The Kier molecular flexibility index (Phi) is 6.00. The lowest BCUT2D eigenvalue weighted by molar-refractivity contribution is -0.113. The van der Waals surface area contributed by atoms with Gasteiger partial charge in [0.25, 0.3) is 5.56 Å². The number of aromatic nitrogens is 2. The zero-order valence-electron chi connectivity index (χ0n) is 14.7. The molecule has 10 heteroatoms. The number of hydrogen-bond acceptors (Lipinski definition) is 6. The quantitative estimate of drug-likeness (QED) is 0.401. The number of hydrogen-bond donors (Lipinski definition) is 2. The predicted molar refractivity (Wildman–Crippen MR) is 120 cm³/mol. The third kappa shape index (κ3) is 4.53. The number of rotatable bonds is 6. The Labute approximate surface area is 182 Å². The summed E-state index contributed by atoms with van der Waals surface area (Å²) in [5.41, 5.74) is 0.771. The zero-order chi connectivity index (χ0) is 20.4. The van der Waals surface area contributed by atoms with Crippen molar-refractivity contribution >= 4 is 67.8 Å². The van der Waals surface area contributed by atoms with Gasteiger partial charge in [0, 0.05) is 20.8 Å². The van der Waals surface area contributed by atoms with Gasteiger partial charge in [-0.25, -0.2) is 9.37 Å². The molecule has 1 aromatic carbocycles. The van der Waals surface area contributed by atoms with Crippen LogP contribution >= 0.6 is 46.0 Å². The van der Waals surface area contributed by atoms with Gasteiger partial charge in [-0.1, -0.05) is 17.7 Å². The monoisotopic (exact) mass is 465 g/mol. The number of thiophene rings is 2. The maximum atomic E-state index is 13.7. The van der Waals surface area contributed by atoms with Crippen molar-refractivity contribution in [3.63, 3.8) is 0 Å². The molecule has 5 nitrogen and oxygen atoms in total. The van der Waals surface area contributed by atoms with Gasteiger partial charge in [0.15, 0.2) is 0 Å². The minimum absolute atomic E-state index is 0.0765. The maximum Gasteiger partial charge on any atom is 0.260 e. The minimum Gasteiger partial charge on any atom is -0.323 e. The van der Waals surface area contributed by atoms with Crippen LogP contribution < -0.4 is 10.9 Å². The average Bonchev–Trinajstić information content (AvgIpc) is 3.33. The Morgan fingerprint density at radius 3 is 2.93 bits per heavy atom. The van der Waals surface area contributed by atoms with Crippen molar-refractivity contribution in [2.24, 2.45) is 0 Å². The van der Waals surface area contributed by atoms with Crippen LogP contribution in [0.1, 0.15) is 5.82 Å². The molecule has 4 rings (SSSR count). The van der Waals surface area contributed by atoms with Gasteiger partial charge in [-0.05, 0) is 29.6 Å². The van der Waals surface area contributed by atoms with E-state index in [4.69, 9.17) is 11.6 Å². The van der Waals surface area contributed by atoms with E-state index in [-0.39, 0.29) is 27.9 Å². The highest BCUT2D eigenvalue weighted by molar-refractivity contribution is 7.99. The van der Waals surface area contributed by atoms with Gasteiger partial charge >= 0.3 is 0 Å². The molecule has 0 aliphatic rings. The van der Waals surface area contributed by atoms with Crippen LogP contribution in [-0.4, -0.2) is 21.6 Å². The Balaban J connectivity index is 1.41. The number of carbonyl (C=O) groups excluding carboxylic acids is 1. The SMILES string of the molecule is O=C(CSCc1nc2scc(-c3cccs3)c2c(=O)[nH]1)Nc1ccc(Cl)cc1F. The number of aromatic amines is 1. The highest BCUT2D eigenvalue weighted by Gasteiger charge is 2.14. The van der Waals surface area contributed by atoms with E-state index in [2.05, 4.69) is 15.3 Å². The number of H-pyrrole nitrogens is 1. The summed E-state index contributed by atoms with van der Waals surface area (Å²) in [5.74, 6) is 0.00247. The fraction of sp³-hybridized carbons (Fsp3) is 0.105. The Morgan fingerprint density at radius 2 is 2.17 bits per heavy atom. The topological polar surface area (TPSA) is 74.8 Å². The number of fused-ring (bicyclic) bond motifs is 1. The van der Waals surface area contributed by atoms with Crippen LogP contribution in [-0.2, 0) is 10.5 Å². The molecule has 0 saturated carbocycles. The summed E-state index contributed by atoms with van der Waals surface area (Å²) in [6.07, 6.45) is 0. The van der Waals surface area contributed by atoms with E-state index < -0.39 is 5.82 Å². The van der Waals surface area contributed by atoms with Crippen molar-refractivity contribution in [2.45, 2.75) is 5.75 Å². The lowest BCUT2D eigenvalue weighted by atomic mass is 10.2. The molecule has 0 aliphatic carbocycles. The fourth-order valence-electron chi connectivity index (χ4n) is 2.69. The first kappa shape index (κ1) is 20.1. The van der Waals surface area contributed by atoms with Gasteiger partial charge in [0.2, 0.25) is 5.91 Å². The summed E-state index contributed by atoms with van der Waals surface area (Å²) in [5, 5.41) is 7.25. The van der Waals surface area contributed by atoms with Crippen LogP contribution in [0.3, 0.4) is 0 Å². The first-order valence-electron chi connectivity index (χ1n) is 8.38. The van der Waals surface area contributed by atoms with E-state index in [1.807, 2.05) is 22.9 Å². The average molecular weight is 466 g/mol. The molecular formula is C19H13ClFN3O2S3. The number of nitrogens with one attached hydrogen (secondary N) is 2. The fourth-order valence-corrected chi connectivity index (χ4v) is 5.32. The van der Waals surface area contributed by atoms with E-state index in [1.165, 1.54) is 35.2 Å². The Hall–Kier alpha value is -2.20. The summed E-state index contributed by atoms with van der Waals surface area (Å²) < 4.78 is 13.7. The Bertz CT molecular complexity index is 1240. The van der Waals surface area contributed by atoms with Gasteiger partial charge in [0.05, 0.1) is 22.6 Å². The predicted octanol–water partition coefficient (Wildman–Crippen LogP) is 5.38. The number of amides is 1. The first-order chi connectivity index (χ1) is 14.0. The zero-order valence-corrected chi connectivity index (χ0v) is 17.9. The highest BCUT2D eigenvalue weighted by Crippen LogP contribution is 2.33. The standard InChI is InChI=1S/C19H13ClFN3O2S3/c20-10-3-4-13(12(21)6-10)22-16(25)9-27-8-15-23-18(26)17-11(7-29-19(17)24-15)14-2-1-5-28-14/h1-7H,8-9H2,(H,22,25)(H,23,24,26). The molecule has 0 fully saturated rings. The molecule has 3 aromatic heterocycles. The number of anilines is 1. The van der Waals surface area contributed by atoms with Gasteiger partial charge in [-0.2, -0.15) is 0 Å². The summed E-state index contributed by atoms with van der Waals surface area (Å²) in [6.45, 7) is 0. The number of benzene rings is 1. The smallest absolute Gasteiger partial charge is 0.260 e. The molecule has 4 aromatic rings. The molecule has 3 heterocycles. The van der Waals surface area contributed by atoms with Crippen LogP contribution in [0.15, 0.2) is 45.9 Å². The molecule has 0 saturated heterocycles. The van der Waals surface area contributed by atoms with E-state index in [0.29, 0.717) is 21.8 Å². The molecule has 148 valence electrons. The second-order valence-corrected chi connectivity index (χ2v) is 9.21.